The molecule has 0 aliphatic carbocycles. The number of rotatable bonds is 2. The minimum Gasteiger partial charge on any atom is -0.495 e. The molecule has 2 rings (SSSR count). The van der Waals surface area contributed by atoms with Crippen LogP contribution in [0.3, 0.4) is 0 Å². The van der Waals surface area contributed by atoms with E-state index < -0.39 is 0 Å². The second-order valence-corrected chi connectivity index (χ2v) is 5.83. The molecule has 1 amide bonds. The van der Waals surface area contributed by atoms with Crippen LogP contribution in [-0.4, -0.2) is 42.7 Å². The quantitative estimate of drug-likeness (QED) is 0.839. The number of anilines is 1. The average molecular weight is 278 g/mol. The third-order valence-electron chi connectivity index (χ3n) is 3.34. The highest BCUT2D eigenvalue weighted by atomic mass is 16.5. The minimum absolute atomic E-state index is 0.0217. The normalized spacial score (nSPS) is 21.6. The van der Waals surface area contributed by atoms with E-state index in [2.05, 4.69) is 0 Å². The molecule has 0 spiro atoms. The van der Waals surface area contributed by atoms with Crippen molar-refractivity contribution in [2.24, 2.45) is 0 Å². The van der Waals surface area contributed by atoms with E-state index in [0.717, 1.165) is 0 Å². The van der Waals surface area contributed by atoms with Gasteiger partial charge in [-0.05, 0) is 39.0 Å². The number of benzene rings is 1. The molecule has 0 radical (unpaired) electrons. The maximum atomic E-state index is 12.6. The predicted molar refractivity (Wildman–Crippen MR) is 77.9 cm³/mol. The van der Waals surface area contributed by atoms with E-state index in [1.807, 2.05) is 25.7 Å². The maximum Gasteiger partial charge on any atom is 0.254 e. The molecular formula is C15H22N2O3. The number of nitrogens with two attached hydrogens (primary N) is 1. The molecular weight excluding hydrogens is 256 g/mol. The summed E-state index contributed by atoms with van der Waals surface area (Å²) in [4.78, 5) is 14.4. The first kappa shape index (κ1) is 14.7. The lowest BCUT2D eigenvalue weighted by atomic mass is 10.0. The molecule has 1 saturated heterocycles. The molecule has 1 aliphatic rings. The smallest absolute Gasteiger partial charge is 0.254 e. The van der Waals surface area contributed by atoms with Crippen LogP contribution in [0.5, 0.6) is 5.75 Å². The van der Waals surface area contributed by atoms with Gasteiger partial charge in [0.05, 0.1) is 24.5 Å². The van der Waals surface area contributed by atoms with Gasteiger partial charge >= 0.3 is 0 Å². The topological polar surface area (TPSA) is 64.8 Å². The van der Waals surface area contributed by atoms with Crippen LogP contribution in [0.4, 0.5) is 5.69 Å². The van der Waals surface area contributed by atoms with Gasteiger partial charge in [-0.15, -0.1) is 0 Å². The highest BCUT2D eigenvalue weighted by Gasteiger charge is 2.34. The highest BCUT2D eigenvalue weighted by Crippen LogP contribution is 2.26. The molecule has 2 N–H and O–H groups in total. The molecule has 1 aromatic carbocycles. The lowest BCUT2D eigenvalue weighted by Crippen LogP contribution is -2.53. The Bertz CT molecular complexity index is 514. The van der Waals surface area contributed by atoms with Gasteiger partial charge in [-0.2, -0.15) is 0 Å². The Labute approximate surface area is 119 Å². The number of carbonyl (C=O) groups is 1. The van der Waals surface area contributed by atoms with Crippen LogP contribution in [0.25, 0.3) is 0 Å². The first-order valence-electron chi connectivity index (χ1n) is 6.73. The van der Waals surface area contributed by atoms with Crippen molar-refractivity contribution in [3.63, 3.8) is 0 Å². The van der Waals surface area contributed by atoms with E-state index in [1.165, 1.54) is 0 Å². The second-order valence-electron chi connectivity index (χ2n) is 5.83. The van der Waals surface area contributed by atoms with Crippen molar-refractivity contribution >= 4 is 11.6 Å². The summed E-state index contributed by atoms with van der Waals surface area (Å²) in [5, 5.41) is 0. The summed E-state index contributed by atoms with van der Waals surface area (Å²) < 4.78 is 11.0. The summed E-state index contributed by atoms with van der Waals surface area (Å²) >= 11 is 0. The van der Waals surface area contributed by atoms with E-state index in [9.17, 15) is 4.79 Å². The van der Waals surface area contributed by atoms with E-state index in [0.29, 0.717) is 30.1 Å². The van der Waals surface area contributed by atoms with Gasteiger partial charge in [0.15, 0.2) is 0 Å². The number of morpholine rings is 1. The minimum atomic E-state index is -0.328. The Kier molecular flexibility index (Phi) is 3.90. The SMILES string of the molecule is COc1cc(C(=O)N2CC(C)OC(C)(C)C2)ccc1N. The Morgan fingerprint density at radius 2 is 2.20 bits per heavy atom. The molecule has 1 aromatic rings. The molecule has 1 fully saturated rings. The van der Waals surface area contributed by atoms with Gasteiger partial charge in [0.2, 0.25) is 0 Å². The standard InChI is InChI=1S/C15H22N2O3/c1-10-8-17(9-15(2,3)20-10)14(18)11-5-6-12(16)13(7-11)19-4/h5-7,10H,8-9,16H2,1-4H3. The van der Waals surface area contributed by atoms with Crippen LogP contribution in [0.2, 0.25) is 0 Å². The van der Waals surface area contributed by atoms with Crippen molar-refractivity contribution < 1.29 is 14.3 Å². The fraction of sp³-hybridized carbons (Fsp3) is 0.533. The largest absolute Gasteiger partial charge is 0.495 e. The summed E-state index contributed by atoms with van der Waals surface area (Å²) in [5.74, 6) is 0.503. The Morgan fingerprint density at radius 1 is 1.50 bits per heavy atom. The summed E-state index contributed by atoms with van der Waals surface area (Å²) in [6, 6.07) is 5.11. The van der Waals surface area contributed by atoms with Crippen molar-refractivity contribution in [2.75, 3.05) is 25.9 Å². The van der Waals surface area contributed by atoms with E-state index in [1.54, 1.807) is 25.3 Å². The van der Waals surface area contributed by atoms with Gasteiger partial charge in [-0.3, -0.25) is 4.79 Å². The number of hydrogen-bond acceptors (Lipinski definition) is 4. The van der Waals surface area contributed by atoms with Crippen LogP contribution < -0.4 is 10.5 Å². The zero-order valence-corrected chi connectivity index (χ0v) is 12.5. The van der Waals surface area contributed by atoms with Gasteiger partial charge < -0.3 is 20.1 Å². The fourth-order valence-electron chi connectivity index (χ4n) is 2.64. The van der Waals surface area contributed by atoms with Crippen LogP contribution in [0, 0.1) is 0 Å². The summed E-state index contributed by atoms with van der Waals surface area (Å²) in [6.07, 6.45) is 0.0263. The Balaban J connectivity index is 2.22. The first-order valence-corrected chi connectivity index (χ1v) is 6.73. The number of amides is 1. The highest BCUT2D eigenvalue weighted by molar-refractivity contribution is 5.95. The van der Waals surface area contributed by atoms with Crippen molar-refractivity contribution in [3.8, 4) is 5.75 Å². The molecule has 1 unspecified atom stereocenters. The van der Waals surface area contributed by atoms with E-state index >= 15 is 0 Å². The third-order valence-corrected chi connectivity index (χ3v) is 3.34. The van der Waals surface area contributed by atoms with E-state index in [4.69, 9.17) is 15.2 Å². The molecule has 110 valence electrons. The molecule has 1 aliphatic heterocycles. The summed E-state index contributed by atoms with van der Waals surface area (Å²) in [7, 11) is 1.54. The zero-order chi connectivity index (χ0) is 14.9. The van der Waals surface area contributed by atoms with Crippen molar-refractivity contribution in [1.82, 2.24) is 4.90 Å². The molecule has 0 saturated carbocycles. The summed E-state index contributed by atoms with van der Waals surface area (Å²) in [5.41, 5.74) is 6.56. The number of methoxy groups -OCH3 is 1. The second kappa shape index (κ2) is 5.32. The lowest BCUT2D eigenvalue weighted by molar-refractivity contribution is -0.118. The third kappa shape index (κ3) is 3.04. The van der Waals surface area contributed by atoms with Crippen LogP contribution in [0.15, 0.2) is 18.2 Å². The predicted octanol–water partition coefficient (Wildman–Crippen LogP) is 1.92. The average Bonchev–Trinajstić information content (AvgIpc) is 2.36. The van der Waals surface area contributed by atoms with Gasteiger partial charge in [0.25, 0.3) is 5.91 Å². The molecule has 1 atom stereocenters. The monoisotopic (exact) mass is 278 g/mol. The maximum absolute atomic E-state index is 12.6. The summed E-state index contributed by atoms with van der Waals surface area (Å²) in [6.45, 7) is 7.13. The molecule has 20 heavy (non-hydrogen) atoms. The van der Waals surface area contributed by atoms with Crippen LogP contribution >= 0.6 is 0 Å². The van der Waals surface area contributed by atoms with Crippen molar-refractivity contribution in [3.05, 3.63) is 23.8 Å². The Morgan fingerprint density at radius 3 is 2.80 bits per heavy atom. The van der Waals surface area contributed by atoms with Gasteiger partial charge in [-0.1, -0.05) is 0 Å². The molecule has 0 bridgehead atoms. The van der Waals surface area contributed by atoms with Gasteiger partial charge in [0.1, 0.15) is 5.75 Å². The zero-order valence-electron chi connectivity index (χ0n) is 12.5. The number of hydrogen-bond donors (Lipinski definition) is 1. The molecule has 5 heteroatoms. The molecule has 1 heterocycles. The number of nitrogens with zero attached hydrogens (tertiary/aromatic N) is 1. The van der Waals surface area contributed by atoms with Crippen LogP contribution in [0.1, 0.15) is 31.1 Å². The number of carbonyl (C=O) groups excluding carboxylic acids is 1. The molecule has 5 nitrogen and oxygen atoms in total. The Hall–Kier alpha value is -1.75. The van der Waals surface area contributed by atoms with Crippen molar-refractivity contribution in [2.45, 2.75) is 32.5 Å². The van der Waals surface area contributed by atoms with Crippen molar-refractivity contribution in [1.29, 1.82) is 0 Å². The van der Waals surface area contributed by atoms with Crippen LogP contribution in [-0.2, 0) is 4.74 Å². The first-order chi connectivity index (χ1) is 9.32. The lowest BCUT2D eigenvalue weighted by Gasteiger charge is -2.41. The van der Waals surface area contributed by atoms with Gasteiger partial charge in [0, 0.05) is 18.7 Å². The number of nitrogen functional groups attached to an aromatic ring is 1. The molecule has 0 aromatic heterocycles. The van der Waals surface area contributed by atoms with Gasteiger partial charge in [-0.25, -0.2) is 0 Å². The van der Waals surface area contributed by atoms with E-state index in [-0.39, 0.29) is 17.6 Å². The number of ether oxygens (including phenoxy) is 2. The fourth-order valence-corrected chi connectivity index (χ4v) is 2.64.